The fourth-order valence-corrected chi connectivity index (χ4v) is 2.83. The smallest absolute Gasteiger partial charge is 0.274 e. The SMILES string of the molecule is Cc1c(C(=O)NCC2=CCNCC2)nnn1-c1ccc(OC(C)C)cc1. The first-order valence-electron chi connectivity index (χ1n) is 8.91. The van der Waals surface area contributed by atoms with Crippen molar-refractivity contribution < 1.29 is 9.53 Å². The second-order valence-electron chi connectivity index (χ2n) is 6.59. The van der Waals surface area contributed by atoms with E-state index < -0.39 is 0 Å². The van der Waals surface area contributed by atoms with Gasteiger partial charge in [-0.2, -0.15) is 0 Å². The first kappa shape index (κ1) is 18.1. The monoisotopic (exact) mass is 355 g/mol. The van der Waals surface area contributed by atoms with E-state index >= 15 is 0 Å². The Balaban J connectivity index is 1.68. The van der Waals surface area contributed by atoms with E-state index in [-0.39, 0.29) is 12.0 Å². The van der Waals surface area contributed by atoms with E-state index in [2.05, 4.69) is 27.0 Å². The van der Waals surface area contributed by atoms with Gasteiger partial charge in [-0.25, -0.2) is 4.68 Å². The molecule has 1 aromatic heterocycles. The fraction of sp³-hybridized carbons (Fsp3) is 0.421. The Kier molecular flexibility index (Phi) is 5.68. The third-order valence-electron chi connectivity index (χ3n) is 4.20. The topological polar surface area (TPSA) is 81.1 Å². The molecule has 1 amide bonds. The van der Waals surface area contributed by atoms with Gasteiger partial charge in [0.15, 0.2) is 5.69 Å². The third kappa shape index (κ3) is 4.29. The molecular weight excluding hydrogens is 330 g/mol. The van der Waals surface area contributed by atoms with Gasteiger partial charge in [0.25, 0.3) is 5.91 Å². The van der Waals surface area contributed by atoms with Crippen LogP contribution in [0.15, 0.2) is 35.9 Å². The zero-order valence-corrected chi connectivity index (χ0v) is 15.5. The van der Waals surface area contributed by atoms with Crippen molar-refractivity contribution in [2.45, 2.75) is 33.3 Å². The van der Waals surface area contributed by atoms with Crippen molar-refractivity contribution in [1.29, 1.82) is 0 Å². The Morgan fingerprint density at radius 3 is 2.77 bits per heavy atom. The van der Waals surface area contributed by atoms with Gasteiger partial charge in [-0.1, -0.05) is 16.9 Å². The molecule has 2 heterocycles. The van der Waals surface area contributed by atoms with Crippen LogP contribution in [-0.4, -0.2) is 46.6 Å². The highest BCUT2D eigenvalue weighted by Crippen LogP contribution is 2.18. The van der Waals surface area contributed by atoms with Gasteiger partial charge in [0.2, 0.25) is 0 Å². The lowest BCUT2D eigenvalue weighted by Gasteiger charge is -2.14. The summed E-state index contributed by atoms with van der Waals surface area (Å²) >= 11 is 0. The van der Waals surface area contributed by atoms with Crippen molar-refractivity contribution >= 4 is 5.91 Å². The predicted octanol–water partition coefficient (Wildman–Crippen LogP) is 2.01. The molecule has 26 heavy (non-hydrogen) atoms. The van der Waals surface area contributed by atoms with Crippen molar-refractivity contribution in [1.82, 2.24) is 25.6 Å². The van der Waals surface area contributed by atoms with Crippen LogP contribution in [0.5, 0.6) is 5.75 Å². The normalized spacial score (nSPS) is 14.2. The van der Waals surface area contributed by atoms with Crippen LogP contribution < -0.4 is 15.4 Å². The van der Waals surface area contributed by atoms with E-state index in [1.807, 2.05) is 45.0 Å². The zero-order chi connectivity index (χ0) is 18.5. The van der Waals surface area contributed by atoms with Crippen molar-refractivity contribution in [2.24, 2.45) is 0 Å². The van der Waals surface area contributed by atoms with Crippen molar-refractivity contribution in [3.63, 3.8) is 0 Å². The summed E-state index contributed by atoms with van der Waals surface area (Å²) in [5.41, 5.74) is 3.13. The second-order valence-corrected chi connectivity index (χ2v) is 6.59. The fourth-order valence-electron chi connectivity index (χ4n) is 2.83. The Bertz CT molecular complexity index is 793. The zero-order valence-electron chi connectivity index (χ0n) is 15.5. The van der Waals surface area contributed by atoms with Crippen LogP contribution in [0.1, 0.15) is 36.5 Å². The largest absolute Gasteiger partial charge is 0.491 e. The molecule has 0 atom stereocenters. The number of nitrogens with zero attached hydrogens (tertiary/aromatic N) is 3. The average molecular weight is 355 g/mol. The van der Waals surface area contributed by atoms with Gasteiger partial charge in [-0.15, -0.1) is 5.10 Å². The van der Waals surface area contributed by atoms with E-state index in [0.717, 1.165) is 30.9 Å². The van der Waals surface area contributed by atoms with Gasteiger partial charge in [0.05, 0.1) is 17.5 Å². The number of aromatic nitrogens is 3. The van der Waals surface area contributed by atoms with Gasteiger partial charge in [-0.05, 0) is 58.0 Å². The maximum Gasteiger partial charge on any atom is 0.274 e. The summed E-state index contributed by atoms with van der Waals surface area (Å²) in [5.74, 6) is 0.600. The molecule has 0 radical (unpaired) electrons. The molecule has 2 N–H and O–H groups in total. The molecule has 0 spiro atoms. The first-order chi connectivity index (χ1) is 12.5. The van der Waals surface area contributed by atoms with Crippen LogP contribution in [0.3, 0.4) is 0 Å². The quantitative estimate of drug-likeness (QED) is 0.775. The Morgan fingerprint density at radius 1 is 1.35 bits per heavy atom. The number of benzene rings is 1. The minimum atomic E-state index is -0.201. The van der Waals surface area contributed by atoms with Crippen LogP contribution in [0, 0.1) is 6.92 Å². The van der Waals surface area contributed by atoms with E-state index in [1.54, 1.807) is 4.68 Å². The molecule has 1 aliphatic heterocycles. The Morgan fingerprint density at radius 2 is 2.12 bits per heavy atom. The minimum Gasteiger partial charge on any atom is -0.491 e. The van der Waals surface area contributed by atoms with Crippen LogP contribution in [0.2, 0.25) is 0 Å². The molecule has 3 rings (SSSR count). The summed E-state index contributed by atoms with van der Waals surface area (Å²) in [6.45, 7) is 8.18. The maximum atomic E-state index is 12.4. The van der Waals surface area contributed by atoms with E-state index in [1.165, 1.54) is 5.57 Å². The Labute approximate surface area is 153 Å². The highest BCUT2D eigenvalue weighted by molar-refractivity contribution is 5.93. The average Bonchev–Trinajstić information content (AvgIpc) is 3.02. The molecular formula is C19H25N5O2. The van der Waals surface area contributed by atoms with Gasteiger partial charge < -0.3 is 15.4 Å². The first-order valence-corrected chi connectivity index (χ1v) is 8.91. The van der Waals surface area contributed by atoms with E-state index in [0.29, 0.717) is 17.9 Å². The summed E-state index contributed by atoms with van der Waals surface area (Å²) in [6, 6.07) is 7.58. The summed E-state index contributed by atoms with van der Waals surface area (Å²) in [6.07, 6.45) is 3.20. The number of nitrogens with one attached hydrogen (secondary N) is 2. The highest BCUT2D eigenvalue weighted by atomic mass is 16.5. The second kappa shape index (κ2) is 8.14. The summed E-state index contributed by atoms with van der Waals surface area (Å²) in [7, 11) is 0. The molecule has 0 saturated carbocycles. The number of hydrogen-bond acceptors (Lipinski definition) is 5. The number of hydrogen-bond donors (Lipinski definition) is 2. The van der Waals surface area contributed by atoms with Crippen molar-refractivity contribution in [3.05, 3.63) is 47.3 Å². The predicted molar refractivity (Wildman–Crippen MR) is 99.8 cm³/mol. The van der Waals surface area contributed by atoms with Crippen molar-refractivity contribution in [3.8, 4) is 11.4 Å². The van der Waals surface area contributed by atoms with Crippen LogP contribution in [0.4, 0.5) is 0 Å². The van der Waals surface area contributed by atoms with Gasteiger partial charge >= 0.3 is 0 Å². The highest BCUT2D eigenvalue weighted by Gasteiger charge is 2.17. The van der Waals surface area contributed by atoms with E-state index in [9.17, 15) is 4.79 Å². The lowest BCUT2D eigenvalue weighted by atomic mass is 10.1. The van der Waals surface area contributed by atoms with Crippen LogP contribution >= 0.6 is 0 Å². The number of carbonyl (C=O) groups is 1. The lowest BCUT2D eigenvalue weighted by molar-refractivity contribution is 0.0951. The summed E-state index contributed by atoms with van der Waals surface area (Å²) in [5, 5.41) is 14.4. The molecule has 0 saturated heterocycles. The van der Waals surface area contributed by atoms with Crippen molar-refractivity contribution in [2.75, 3.05) is 19.6 Å². The summed E-state index contributed by atoms with van der Waals surface area (Å²) in [4.78, 5) is 12.4. The molecule has 0 aliphatic carbocycles. The number of carbonyl (C=O) groups excluding carboxylic acids is 1. The number of ether oxygens (including phenoxy) is 1. The molecule has 1 aliphatic rings. The minimum absolute atomic E-state index is 0.124. The molecule has 7 nitrogen and oxygen atoms in total. The maximum absolute atomic E-state index is 12.4. The standard InChI is InChI=1S/C19H25N5O2/c1-13(2)26-17-6-4-16(5-7-17)24-14(3)18(22-23-24)19(25)21-12-15-8-10-20-11-9-15/h4-8,13,20H,9-12H2,1-3H3,(H,21,25). The van der Waals surface area contributed by atoms with E-state index in [4.69, 9.17) is 4.74 Å². The molecule has 0 fully saturated rings. The molecule has 138 valence electrons. The van der Waals surface area contributed by atoms with Gasteiger partial charge in [0.1, 0.15) is 5.75 Å². The molecule has 7 heteroatoms. The lowest BCUT2D eigenvalue weighted by Crippen LogP contribution is -2.30. The third-order valence-corrected chi connectivity index (χ3v) is 4.20. The molecule has 0 bridgehead atoms. The Hall–Kier alpha value is -2.67. The summed E-state index contributed by atoms with van der Waals surface area (Å²) < 4.78 is 7.31. The molecule has 1 aromatic carbocycles. The van der Waals surface area contributed by atoms with Gasteiger partial charge in [0, 0.05) is 13.1 Å². The molecule has 0 unspecified atom stereocenters. The number of amides is 1. The number of rotatable bonds is 6. The van der Waals surface area contributed by atoms with Gasteiger partial charge in [-0.3, -0.25) is 4.79 Å². The molecule has 2 aromatic rings. The van der Waals surface area contributed by atoms with Crippen LogP contribution in [0.25, 0.3) is 5.69 Å². The van der Waals surface area contributed by atoms with Crippen LogP contribution in [-0.2, 0) is 0 Å².